The number of rotatable bonds is 6. The number of ether oxygens (including phenoxy) is 1. The number of hydrogen-bond acceptors (Lipinski definition) is 3. The van der Waals surface area contributed by atoms with Gasteiger partial charge in [-0.3, -0.25) is 9.59 Å². The van der Waals surface area contributed by atoms with Crippen molar-refractivity contribution in [3.05, 3.63) is 76.9 Å². The molecule has 27 heavy (non-hydrogen) atoms. The van der Waals surface area contributed by atoms with Gasteiger partial charge in [-0.1, -0.05) is 36.4 Å². The van der Waals surface area contributed by atoms with Gasteiger partial charge in [0.15, 0.2) is 6.61 Å². The number of fused-ring (bicyclic) bond motifs is 1. The molecule has 3 rings (SSSR count). The van der Waals surface area contributed by atoms with Crippen molar-refractivity contribution in [2.45, 2.75) is 26.8 Å². The predicted molar refractivity (Wildman–Crippen MR) is 107 cm³/mol. The van der Waals surface area contributed by atoms with E-state index in [4.69, 9.17) is 4.74 Å². The molecule has 0 aromatic heterocycles. The van der Waals surface area contributed by atoms with E-state index in [1.165, 1.54) is 5.39 Å². The first-order chi connectivity index (χ1) is 13.0. The van der Waals surface area contributed by atoms with E-state index in [1.54, 1.807) is 12.1 Å². The molecule has 0 unspecified atom stereocenters. The Labute approximate surface area is 159 Å². The van der Waals surface area contributed by atoms with Crippen molar-refractivity contribution in [3.63, 3.8) is 0 Å². The maximum absolute atomic E-state index is 12.3. The van der Waals surface area contributed by atoms with E-state index in [2.05, 4.69) is 29.6 Å². The van der Waals surface area contributed by atoms with Gasteiger partial charge in [0.2, 0.25) is 0 Å². The number of carbonyl (C=O) groups is 2. The van der Waals surface area contributed by atoms with E-state index in [9.17, 15) is 9.59 Å². The summed E-state index contributed by atoms with van der Waals surface area (Å²) in [5.41, 5.74) is 3.33. The molecule has 0 fully saturated rings. The van der Waals surface area contributed by atoms with E-state index < -0.39 is 0 Å². The van der Waals surface area contributed by atoms with Crippen LogP contribution in [0.3, 0.4) is 0 Å². The van der Waals surface area contributed by atoms with Gasteiger partial charge in [-0.2, -0.15) is 0 Å². The van der Waals surface area contributed by atoms with Gasteiger partial charge >= 0.3 is 0 Å². The van der Waals surface area contributed by atoms with Crippen LogP contribution in [0.2, 0.25) is 0 Å². The minimum absolute atomic E-state index is 0.0694. The Morgan fingerprint density at radius 3 is 2.37 bits per heavy atom. The lowest BCUT2D eigenvalue weighted by Crippen LogP contribution is -2.31. The second kappa shape index (κ2) is 8.04. The van der Waals surface area contributed by atoms with Crippen LogP contribution in [0.1, 0.15) is 40.0 Å². The van der Waals surface area contributed by atoms with Gasteiger partial charge in [0, 0.05) is 5.56 Å². The van der Waals surface area contributed by atoms with Crippen molar-refractivity contribution in [1.29, 1.82) is 0 Å². The summed E-state index contributed by atoms with van der Waals surface area (Å²) in [4.78, 5) is 23.2. The lowest BCUT2D eigenvalue weighted by atomic mass is 10.0. The number of aryl methyl sites for hydroxylation is 2. The molecule has 138 valence electrons. The SMILES string of the molecule is Cc1cc(C=O)cc(C)c1OCC(=O)N[C@@H](C)c1ccc2ccccc2c1. The Bertz CT molecular complexity index is 971. The van der Waals surface area contributed by atoms with Gasteiger partial charge in [-0.15, -0.1) is 0 Å². The Hall–Kier alpha value is -3.14. The van der Waals surface area contributed by atoms with Crippen LogP contribution in [0, 0.1) is 13.8 Å². The van der Waals surface area contributed by atoms with Gasteiger partial charge in [-0.05, 0) is 66.4 Å². The van der Waals surface area contributed by atoms with Crippen LogP contribution in [0.4, 0.5) is 0 Å². The van der Waals surface area contributed by atoms with Crippen LogP contribution >= 0.6 is 0 Å². The fourth-order valence-corrected chi connectivity index (χ4v) is 3.26. The highest BCUT2D eigenvalue weighted by molar-refractivity contribution is 5.83. The number of carbonyl (C=O) groups excluding carboxylic acids is 2. The first-order valence-corrected chi connectivity index (χ1v) is 8.95. The third-order valence-electron chi connectivity index (χ3n) is 4.62. The summed E-state index contributed by atoms with van der Waals surface area (Å²) in [6, 6.07) is 17.7. The molecule has 4 heteroatoms. The number of benzene rings is 3. The van der Waals surface area contributed by atoms with Crippen molar-refractivity contribution in [2.24, 2.45) is 0 Å². The largest absolute Gasteiger partial charge is 0.483 e. The first-order valence-electron chi connectivity index (χ1n) is 8.95. The number of aldehydes is 1. The molecule has 0 aliphatic rings. The van der Waals surface area contributed by atoms with Crippen molar-refractivity contribution in [2.75, 3.05) is 6.61 Å². The molecule has 0 saturated carbocycles. The average molecular weight is 361 g/mol. The van der Waals surface area contributed by atoms with Crippen molar-refractivity contribution in [3.8, 4) is 5.75 Å². The predicted octanol–water partition coefficient (Wildman–Crippen LogP) is 4.53. The monoisotopic (exact) mass is 361 g/mol. The van der Waals surface area contributed by atoms with Crippen LogP contribution in [0.5, 0.6) is 5.75 Å². The molecule has 1 amide bonds. The molecule has 0 radical (unpaired) electrons. The van der Waals surface area contributed by atoms with Gasteiger partial charge in [0.1, 0.15) is 12.0 Å². The highest BCUT2D eigenvalue weighted by Gasteiger charge is 2.13. The van der Waals surface area contributed by atoms with Crippen LogP contribution < -0.4 is 10.1 Å². The zero-order valence-corrected chi connectivity index (χ0v) is 15.8. The summed E-state index contributed by atoms with van der Waals surface area (Å²) in [5, 5.41) is 5.29. The molecule has 0 bridgehead atoms. The van der Waals surface area contributed by atoms with Crippen LogP contribution in [0.25, 0.3) is 10.8 Å². The topological polar surface area (TPSA) is 55.4 Å². The Morgan fingerprint density at radius 2 is 1.70 bits per heavy atom. The molecule has 3 aromatic carbocycles. The second-order valence-electron chi connectivity index (χ2n) is 6.79. The zero-order valence-electron chi connectivity index (χ0n) is 15.8. The van der Waals surface area contributed by atoms with Gasteiger partial charge in [0.25, 0.3) is 5.91 Å². The van der Waals surface area contributed by atoms with Gasteiger partial charge < -0.3 is 10.1 Å². The molecule has 4 nitrogen and oxygen atoms in total. The molecule has 1 atom stereocenters. The molecule has 0 aliphatic heterocycles. The van der Waals surface area contributed by atoms with E-state index in [1.807, 2.05) is 39.0 Å². The average Bonchev–Trinajstić information content (AvgIpc) is 2.66. The van der Waals surface area contributed by atoms with Crippen molar-refractivity contribution < 1.29 is 14.3 Å². The molecular weight excluding hydrogens is 338 g/mol. The summed E-state index contributed by atoms with van der Waals surface area (Å²) in [6.07, 6.45) is 0.807. The fourth-order valence-electron chi connectivity index (χ4n) is 3.26. The third kappa shape index (κ3) is 4.34. The Balaban J connectivity index is 1.64. The minimum atomic E-state index is -0.186. The van der Waals surface area contributed by atoms with E-state index >= 15 is 0 Å². The molecule has 0 spiro atoms. The number of amides is 1. The number of hydrogen-bond donors (Lipinski definition) is 1. The minimum Gasteiger partial charge on any atom is -0.483 e. The van der Waals surface area contributed by atoms with E-state index in [0.29, 0.717) is 11.3 Å². The highest BCUT2D eigenvalue weighted by atomic mass is 16.5. The van der Waals surface area contributed by atoms with Crippen molar-refractivity contribution in [1.82, 2.24) is 5.32 Å². The molecule has 0 saturated heterocycles. The quantitative estimate of drug-likeness (QED) is 0.657. The standard InChI is InChI=1S/C23H23NO3/c1-15-10-18(13-25)11-16(2)23(15)27-14-22(26)24-17(3)20-9-8-19-6-4-5-7-21(19)12-20/h4-13,17H,14H2,1-3H3,(H,24,26)/t17-/m0/s1. The molecule has 3 aromatic rings. The summed E-state index contributed by atoms with van der Waals surface area (Å²) < 4.78 is 5.71. The maximum Gasteiger partial charge on any atom is 0.258 e. The normalized spacial score (nSPS) is 11.8. The zero-order chi connectivity index (χ0) is 19.4. The van der Waals surface area contributed by atoms with E-state index in [-0.39, 0.29) is 18.6 Å². The number of nitrogens with one attached hydrogen (secondary N) is 1. The van der Waals surface area contributed by atoms with Crippen LogP contribution in [0.15, 0.2) is 54.6 Å². The maximum atomic E-state index is 12.3. The highest BCUT2D eigenvalue weighted by Crippen LogP contribution is 2.24. The van der Waals surface area contributed by atoms with Crippen molar-refractivity contribution >= 4 is 23.0 Å². The van der Waals surface area contributed by atoms with E-state index in [0.717, 1.165) is 28.4 Å². The smallest absolute Gasteiger partial charge is 0.258 e. The molecule has 0 heterocycles. The molecule has 0 aliphatic carbocycles. The van der Waals surface area contributed by atoms with Gasteiger partial charge in [-0.25, -0.2) is 0 Å². The summed E-state index contributed by atoms with van der Waals surface area (Å²) >= 11 is 0. The lowest BCUT2D eigenvalue weighted by Gasteiger charge is -2.17. The first kappa shape index (κ1) is 18.6. The molecule has 1 N–H and O–H groups in total. The lowest BCUT2D eigenvalue weighted by molar-refractivity contribution is -0.123. The third-order valence-corrected chi connectivity index (χ3v) is 4.62. The summed E-state index contributed by atoms with van der Waals surface area (Å²) in [6.45, 7) is 5.62. The Morgan fingerprint density at radius 1 is 1.04 bits per heavy atom. The summed E-state index contributed by atoms with van der Waals surface area (Å²) in [7, 11) is 0. The fraction of sp³-hybridized carbons (Fsp3) is 0.217. The Kier molecular flexibility index (Phi) is 5.55. The molecular formula is C23H23NO3. The summed E-state index contributed by atoms with van der Waals surface area (Å²) in [5.74, 6) is 0.461. The van der Waals surface area contributed by atoms with Crippen LogP contribution in [-0.4, -0.2) is 18.8 Å². The van der Waals surface area contributed by atoms with Gasteiger partial charge in [0.05, 0.1) is 6.04 Å². The van der Waals surface area contributed by atoms with Crippen LogP contribution in [-0.2, 0) is 4.79 Å². The second-order valence-corrected chi connectivity index (χ2v) is 6.79.